The average Bonchev–Trinajstić information content (AvgIpc) is 2.46. The van der Waals surface area contributed by atoms with Gasteiger partial charge in [-0.2, -0.15) is 10.2 Å². The van der Waals surface area contributed by atoms with Gasteiger partial charge in [-0.25, -0.2) is 0 Å². The van der Waals surface area contributed by atoms with Crippen LogP contribution in [0.15, 0.2) is 36.4 Å². The van der Waals surface area contributed by atoms with Crippen molar-refractivity contribution in [3.8, 4) is 5.75 Å². The van der Waals surface area contributed by atoms with Gasteiger partial charge in [-0.15, -0.1) is 0 Å². The third-order valence-electron chi connectivity index (χ3n) is 2.77. The SMILES string of the molecule is Cc1ccc(CNC(=O)COc2ccccc2C)nn1. The molecule has 1 aromatic heterocycles. The van der Waals surface area contributed by atoms with Crippen LogP contribution in [-0.2, 0) is 11.3 Å². The number of aromatic nitrogens is 2. The Morgan fingerprint density at radius 2 is 1.95 bits per heavy atom. The third-order valence-corrected chi connectivity index (χ3v) is 2.77. The maximum absolute atomic E-state index is 11.7. The van der Waals surface area contributed by atoms with Gasteiger partial charge in [0.15, 0.2) is 6.61 Å². The first-order chi connectivity index (χ1) is 9.65. The van der Waals surface area contributed by atoms with E-state index in [4.69, 9.17) is 4.74 Å². The first kappa shape index (κ1) is 14.0. The molecule has 0 bridgehead atoms. The predicted molar refractivity (Wildman–Crippen MR) is 75.3 cm³/mol. The van der Waals surface area contributed by atoms with Crippen molar-refractivity contribution < 1.29 is 9.53 Å². The number of rotatable bonds is 5. The van der Waals surface area contributed by atoms with Crippen molar-refractivity contribution in [3.05, 3.63) is 53.3 Å². The number of nitrogens with zero attached hydrogens (tertiary/aromatic N) is 2. The summed E-state index contributed by atoms with van der Waals surface area (Å²) in [5.74, 6) is 0.536. The van der Waals surface area contributed by atoms with Gasteiger partial charge < -0.3 is 10.1 Å². The molecular formula is C15H17N3O2. The Bertz CT molecular complexity index is 582. The minimum atomic E-state index is -0.185. The number of benzene rings is 1. The summed E-state index contributed by atoms with van der Waals surface area (Å²) in [4.78, 5) is 11.7. The topological polar surface area (TPSA) is 64.1 Å². The third kappa shape index (κ3) is 4.05. The normalized spacial score (nSPS) is 10.1. The Balaban J connectivity index is 1.78. The molecule has 0 fully saturated rings. The van der Waals surface area contributed by atoms with Gasteiger partial charge in [0.2, 0.25) is 0 Å². The van der Waals surface area contributed by atoms with Crippen LogP contribution in [0.1, 0.15) is 17.0 Å². The number of hydrogen-bond acceptors (Lipinski definition) is 4. The summed E-state index contributed by atoms with van der Waals surface area (Å²) in [7, 11) is 0. The lowest BCUT2D eigenvalue weighted by Gasteiger charge is -2.09. The summed E-state index contributed by atoms with van der Waals surface area (Å²) in [6, 6.07) is 11.3. The Kier molecular flexibility index (Phi) is 4.65. The highest BCUT2D eigenvalue weighted by atomic mass is 16.5. The first-order valence-electron chi connectivity index (χ1n) is 6.39. The van der Waals surface area contributed by atoms with Gasteiger partial charge in [-0.05, 0) is 37.6 Å². The van der Waals surface area contributed by atoms with Gasteiger partial charge >= 0.3 is 0 Å². The van der Waals surface area contributed by atoms with Crippen LogP contribution in [0.5, 0.6) is 5.75 Å². The lowest BCUT2D eigenvalue weighted by atomic mass is 10.2. The van der Waals surface area contributed by atoms with E-state index in [-0.39, 0.29) is 12.5 Å². The largest absolute Gasteiger partial charge is 0.484 e. The number of para-hydroxylation sites is 1. The Morgan fingerprint density at radius 3 is 2.65 bits per heavy atom. The summed E-state index contributed by atoms with van der Waals surface area (Å²) in [5.41, 5.74) is 2.58. The molecule has 0 saturated carbocycles. The van der Waals surface area contributed by atoms with Crippen LogP contribution in [0.4, 0.5) is 0 Å². The summed E-state index contributed by atoms with van der Waals surface area (Å²) in [5, 5.41) is 10.6. The molecule has 104 valence electrons. The summed E-state index contributed by atoms with van der Waals surface area (Å²) >= 11 is 0. The highest BCUT2D eigenvalue weighted by Crippen LogP contribution is 2.15. The minimum absolute atomic E-state index is 0.00978. The van der Waals surface area contributed by atoms with Crippen LogP contribution >= 0.6 is 0 Å². The molecule has 0 aliphatic rings. The van der Waals surface area contributed by atoms with Crippen LogP contribution in [-0.4, -0.2) is 22.7 Å². The van der Waals surface area contributed by atoms with Crippen molar-refractivity contribution in [2.24, 2.45) is 0 Å². The van der Waals surface area contributed by atoms with Crippen molar-refractivity contribution in [2.45, 2.75) is 20.4 Å². The van der Waals surface area contributed by atoms with Gasteiger partial charge in [-0.1, -0.05) is 18.2 Å². The predicted octanol–water partition coefficient (Wildman–Crippen LogP) is 1.79. The number of carbonyl (C=O) groups is 1. The minimum Gasteiger partial charge on any atom is -0.484 e. The molecule has 20 heavy (non-hydrogen) atoms. The molecule has 2 aromatic rings. The Labute approximate surface area is 118 Å². The smallest absolute Gasteiger partial charge is 0.258 e. The van der Waals surface area contributed by atoms with Crippen molar-refractivity contribution in [1.82, 2.24) is 15.5 Å². The fourth-order valence-corrected chi connectivity index (χ4v) is 1.62. The highest BCUT2D eigenvalue weighted by molar-refractivity contribution is 5.77. The van der Waals surface area contributed by atoms with E-state index in [1.54, 1.807) is 0 Å². The van der Waals surface area contributed by atoms with Crippen LogP contribution in [0.2, 0.25) is 0 Å². The number of carbonyl (C=O) groups excluding carboxylic acids is 1. The van der Waals surface area contributed by atoms with Gasteiger partial charge in [0, 0.05) is 0 Å². The quantitative estimate of drug-likeness (QED) is 0.900. The Morgan fingerprint density at radius 1 is 1.15 bits per heavy atom. The average molecular weight is 271 g/mol. The van der Waals surface area contributed by atoms with Crippen LogP contribution in [0, 0.1) is 13.8 Å². The molecule has 0 atom stereocenters. The molecule has 0 aliphatic carbocycles. The maximum atomic E-state index is 11.7. The second-order valence-electron chi connectivity index (χ2n) is 4.50. The standard InChI is InChI=1S/C15H17N3O2/c1-11-5-3-4-6-14(11)20-10-15(19)16-9-13-8-7-12(2)17-18-13/h3-8H,9-10H2,1-2H3,(H,16,19). The second kappa shape index (κ2) is 6.65. The molecule has 2 rings (SSSR count). The van der Waals surface area contributed by atoms with Gasteiger partial charge in [0.1, 0.15) is 5.75 Å². The second-order valence-corrected chi connectivity index (χ2v) is 4.50. The molecule has 1 amide bonds. The Hall–Kier alpha value is -2.43. The molecular weight excluding hydrogens is 254 g/mol. The molecule has 0 spiro atoms. The summed E-state index contributed by atoms with van der Waals surface area (Å²) < 4.78 is 5.46. The van der Waals surface area contributed by atoms with E-state index in [1.807, 2.05) is 50.2 Å². The maximum Gasteiger partial charge on any atom is 0.258 e. The fourth-order valence-electron chi connectivity index (χ4n) is 1.62. The first-order valence-corrected chi connectivity index (χ1v) is 6.39. The van der Waals surface area contributed by atoms with Crippen molar-refractivity contribution >= 4 is 5.91 Å². The lowest BCUT2D eigenvalue weighted by Crippen LogP contribution is -2.28. The lowest BCUT2D eigenvalue weighted by molar-refractivity contribution is -0.123. The molecule has 0 unspecified atom stereocenters. The van der Waals surface area contributed by atoms with E-state index in [0.717, 1.165) is 22.7 Å². The van der Waals surface area contributed by atoms with E-state index >= 15 is 0 Å². The number of ether oxygens (including phenoxy) is 1. The van der Waals surface area contributed by atoms with E-state index in [9.17, 15) is 4.79 Å². The monoisotopic (exact) mass is 271 g/mol. The molecule has 5 heteroatoms. The summed E-state index contributed by atoms with van der Waals surface area (Å²) in [6.45, 7) is 4.15. The van der Waals surface area contributed by atoms with Crippen LogP contribution in [0.3, 0.4) is 0 Å². The van der Waals surface area contributed by atoms with E-state index in [0.29, 0.717) is 6.54 Å². The van der Waals surface area contributed by atoms with Gasteiger partial charge in [0.05, 0.1) is 17.9 Å². The van der Waals surface area contributed by atoms with Crippen molar-refractivity contribution in [1.29, 1.82) is 0 Å². The van der Waals surface area contributed by atoms with E-state index in [2.05, 4.69) is 15.5 Å². The van der Waals surface area contributed by atoms with Gasteiger partial charge in [0.25, 0.3) is 5.91 Å². The highest BCUT2D eigenvalue weighted by Gasteiger charge is 2.05. The summed E-state index contributed by atoms with van der Waals surface area (Å²) in [6.07, 6.45) is 0. The zero-order valence-corrected chi connectivity index (χ0v) is 11.6. The molecule has 1 heterocycles. The number of aryl methyl sites for hydroxylation is 2. The molecule has 1 aromatic carbocycles. The van der Waals surface area contributed by atoms with Crippen LogP contribution in [0.25, 0.3) is 0 Å². The molecule has 1 N–H and O–H groups in total. The van der Waals surface area contributed by atoms with Gasteiger partial charge in [-0.3, -0.25) is 4.79 Å². The van der Waals surface area contributed by atoms with E-state index < -0.39 is 0 Å². The number of amides is 1. The molecule has 0 aliphatic heterocycles. The zero-order chi connectivity index (χ0) is 14.4. The fraction of sp³-hybridized carbons (Fsp3) is 0.267. The number of hydrogen-bond donors (Lipinski definition) is 1. The van der Waals surface area contributed by atoms with E-state index in [1.165, 1.54) is 0 Å². The number of nitrogens with one attached hydrogen (secondary N) is 1. The molecule has 5 nitrogen and oxygen atoms in total. The zero-order valence-electron chi connectivity index (χ0n) is 11.6. The van der Waals surface area contributed by atoms with Crippen molar-refractivity contribution in [2.75, 3.05) is 6.61 Å². The molecule has 0 saturated heterocycles. The van der Waals surface area contributed by atoms with Crippen molar-refractivity contribution in [3.63, 3.8) is 0 Å². The molecule has 0 radical (unpaired) electrons. The van der Waals surface area contributed by atoms with Crippen LogP contribution < -0.4 is 10.1 Å².